The maximum Gasteiger partial charge on any atom is 0.337 e. The number of nitrogens with zero attached hydrogens (tertiary/aromatic N) is 3. The molecule has 9 heteroatoms. The van der Waals surface area contributed by atoms with Crippen molar-refractivity contribution >= 4 is 57.8 Å². The fraction of sp³-hybridized carbons (Fsp3) is 0.214. The fourth-order valence-electron chi connectivity index (χ4n) is 4.08. The number of carbonyl (C=O) groups is 3. The summed E-state index contributed by atoms with van der Waals surface area (Å²) in [6.45, 7) is 2.30. The molecule has 4 rings (SSSR count). The molecule has 1 aliphatic rings. The summed E-state index contributed by atoms with van der Waals surface area (Å²) in [6.07, 6.45) is 0.681. The average molecular weight is 519 g/mol. The van der Waals surface area contributed by atoms with Crippen molar-refractivity contribution in [2.75, 3.05) is 42.9 Å². The summed E-state index contributed by atoms with van der Waals surface area (Å²) in [5.74, 6) is -1.85. The Balaban J connectivity index is 1.75. The normalized spacial score (nSPS) is 12.7. The minimum Gasteiger partial charge on any atom is -0.465 e. The van der Waals surface area contributed by atoms with Gasteiger partial charge in [0.25, 0.3) is 11.8 Å². The van der Waals surface area contributed by atoms with Crippen LogP contribution in [0.15, 0.2) is 65.7 Å². The van der Waals surface area contributed by atoms with Crippen molar-refractivity contribution < 1.29 is 19.1 Å². The maximum absolute atomic E-state index is 13.8. The van der Waals surface area contributed by atoms with Crippen LogP contribution in [0.3, 0.4) is 0 Å². The Hall–Kier alpha value is -4.17. The number of hydrogen-bond donors (Lipinski definition) is 1. The lowest BCUT2D eigenvalue weighted by Crippen LogP contribution is -2.41. The molecule has 0 bridgehead atoms. The molecule has 1 N–H and O–H groups in total. The minimum absolute atomic E-state index is 0.163. The number of esters is 1. The average Bonchev–Trinajstić information content (AvgIpc) is 3.32. The lowest BCUT2D eigenvalue weighted by Gasteiger charge is -2.19. The second-order valence-corrected chi connectivity index (χ2v) is 9.21. The molecule has 8 nitrogen and oxygen atoms in total. The van der Waals surface area contributed by atoms with Gasteiger partial charge in [0.15, 0.2) is 5.71 Å². The molecule has 0 fully saturated rings. The highest BCUT2D eigenvalue weighted by Crippen LogP contribution is 2.30. The van der Waals surface area contributed by atoms with Crippen LogP contribution in [0.25, 0.3) is 0 Å². The number of nitrogens with one attached hydrogen (secondary N) is 1. The molecule has 3 aromatic carbocycles. The lowest BCUT2D eigenvalue weighted by atomic mass is 10.1. The number of aliphatic imine (C=N–C) groups is 1. The van der Waals surface area contributed by atoms with Crippen LogP contribution in [0.2, 0.25) is 5.02 Å². The van der Waals surface area contributed by atoms with Crippen LogP contribution >= 0.6 is 11.6 Å². The van der Waals surface area contributed by atoms with E-state index in [2.05, 4.69) is 10.3 Å². The van der Waals surface area contributed by atoms with E-state index >= 15 is 0 Å². The standard InChI is InChI=1S/C28H27ClN4O4/c1-17-15-20(32(2)3)10-12-22(17)30-25(27(35)33-14-13-18-7-5-6-8-24(18)33)26(34)31-23-16-19(28(36)37-4)9-11-21(23)29/h5-12,15-16H,13-14H2,1-4H3,(H,31,34)/b30-25+. The van der Waals surface area contributed by atoms with E-state index in [4.69, 9.17) is 16.3 Å². The lowest BCUT2D eigenvalue weighted by molar-refractivity contribution is -0.115. The number of hydrogen-bond acceptors (Lipinski definition) is 6. The number of benzene rings is 3. The van der Waals surface area contributed by atoms with Crippen molar-refractivity contribution in [2.24, 2.45) is 4.99 Å². The molecule has 2 amide bonds. The largest absolute Gasteiger partial charge is 0.465 e. The van der Waals surface area contributed by atoms with Crippen molar-refractivity contribution in [1.29, 1.82) is 0 Å². The number of ether oxygens (including phenoxy) is 1. The highest BCUT2D eigenvalue weighted by atomic mass is 35.5. The Morgan fingerprint density at radius 1 is 1.05 bits per heavy atom. The Morgan fingerprint density at radius 2 is 1.81 bits per heavy atom. The quantitative estimate of drug-likeness (QED) is 0.287. The predicted molar refractivity (Wildman–Crippen MR) is 147 cm³/mol. The van der Waals surface area contributed by atoms with E-state index in [1.54, 1.807) is 11.0 Å². The Labute approximate surface area is 220 Å². The molecule has 1 heterocycles. The molecule has 0 saturated carbocycles. The van der Waals surface area contributed by atoms with Gasteiger partial charge in [0.2, 0.25) is 0 Å². The fourth-order valence-corrected chi connectivity index (χ4v) is 4.25. The number of methoxy groups -OCH3 is 1. The Bertz CT molecular complexity index is 1420. The molecule has 0 spiro atoms. The summed E-state index contributed by atoms with van der Waals surface area (Å²) in [5.41, 5.74) is 4.11. The number of carbonyl (C=O) groups excluding carboxylic acids is 3. The third-order valence-corrected chi connectivity index (χ3v) is 6.44. The van der Waals surface area contributed by atoms with Crippen LogP contribution in [0.5, 0.6) is 0 Å². The number of rotatable bonds is 6. The van der Waals surface area contributed by atoms with Crippen LogP contribution in [0, 0.1) is 6.92 Å². The maximum atomic E-state index is 13.8. The first kappa shape index (κ1) is 25.9. The Morgan fingerprint density at radius 3 is 2.51 bits per heavy atom. The zero-order valence-corrected chi connectivity index (χ0v) is 21.8. The van der Waals surface area contributed by atoms with Gasteiger partial charge in [-0.3, -0.25) is 9.59 Å². The van der Waals surface area contributed by atoms with Gasteiger partial charge in [0.05, 0.1) is 29.1 Å². The van der Waals surface area contributed by atoms with Crippen LogP contribution in [-0.2, 0) is 20.7 Å². The first-order chi connectivity index (χ1) is 17.7. The molecule has 0 atom stereocenters. The first-order valence-corrected chi connectivity index (χ1v) is 12.0. The number of fused-ring (bicyclic) bond motifs is 1. The third kappa shape index (κ3) is 5.49. The number of halogens is 1. The monoisotopic (exact) mass is 518 g/mol. The molecular formula is C28H27ClN4O4. The zero-order chi connectivity index (χ0) is 26.7. The van der Waals surface area contributed by atoms with Gasteiger partial charge in [-0.2, -0.15) is 0 Å². The summed E-state index contributed by atoms with van der Waals surface area (Å²) in [7, 11) is 5.12. The highest BCUT2D eigenvalue weighted by Gasteiger charge is 2.32. The van der Waals surface area contributed by atoms with E-state index in [0.29, 0.717) is 18.7 Å². The molecule has 0 aliphatic carbocycles. The molecule has 0 radical (unpaired) electrons. The van der Waals surface area contributed by atoms with Crippen molar-refractivity contribution in [2.45, 2.75) is 13.3 Å². The third-order valence-electron chi connectivity index (χ3n) is 6.11. The van der Waals surface area contributed by atoms with Crippen LogP contribution in [0.4, 0.5) is 22.7 Å². The van der Waals surface area contributed by atoms with E-state index in [0.717, 1.165) is 22.5 Å². The zero-order valence-electron chi connectivity index (χ0n) is 21.0. The van der Waals surface area contributed by atoms with Crippen LogP contribution < -0.4 is 15.1 Å². The van der Waals surface area contributed by atoms with Crippen LogP contribution in [0.1, 0.15) is 21.5 Å². The van der Waals surface area contributed by atoms with E-state index < -0.39 is 17.8 Å². The topological polar surface area (TPSA) is 91.3 Å². The van der Waals surface area contributed by atoms with Gasteiger partial charge in [-0.05, 0) is 66.9 Å². The highest BCUT2D eigenvalue weighted by molar-refractivity contribution is 6.69. The number of aryl methyl sites for hydroxylation is 1. The van der Waals surface area contributed by atoms with Gasteiger partial charge in [0, 0.05) is 32.0 Å². The summed E-state index contributed by atoms with van der Waals surface area (Å²) in [6, 6.07) is 17.5. The SMILES string of the molecule is COC(=O)c1ccc(Cl)c(NC(=O)/C(=N\c2ccc(N(C)C)cc2C)C(=O)N2CCc3ccccc32)c1. The molecule has 3 aromatic rings. The van der Waals surface area contributed by atoms with E-state index in [-0.39, 0.29) is 22.0 Å². The number of para-hydroxylation sites is 1. The summed E-state index contributed by atoms with van der Waals surface area (Å²) < 4.78 is 4.76. The van der Waals surface area contributed by atoms with Gasteiger partial charge in [-0.1, -0.05) is 29.8 Å². The molecule has 0 unspecified atom stereocenters. The Kier molecular flexibility index (Phi) is 7.59. The van der Waals surface area contributed by atoms with Gasteiger partial charge >= 0.3 is 5.97 Å². The summed E-state index contributed by atoms with van der Waals surface area (Å²) >= 11 is 6.29. The molecule has 0 saturated heterocycles. The van der Waals surface area contributed by atoms with E-state index in [9.17, 15) is 14.4 Å². The van der Waals surface area contributed by atoms with Crippen molar-refractivity contribution in [3.63, 3.8) is 0 Å². The summed E-state index contributed by atoms with van der Waals surface area (Å²) in [4.78, 5) is 47.3. The van der Waals surface area contributed by atoms with Gasteiger partial charge < -0.3 is 19.9 Å². The van der Waals surface area contributed by atoms with Crippen molar-refractivity contribution in [3.8, 4) is 0 Å². The number of amides is 2. The second kappa shape index (κ2) is 10.8. The van der Waals surface area contributed by atoms with E-state index in [1.165, 1.54) is 25.3 Å². The molecule has 37 heavy (non-hydrogen) atoms. The van der Waals surface area contributed by atoms with Gasteiger partial charge in [-0.15, -0.1) is 0 Å². The van der Waals surface area contributed by atoms with Crippen molar-refractivity contribution in [3.05, 3.63) is 82.4 Å². The van der Waals surface area contributed by atoms with Crippen molar-refractivity contribution in [1.82, 2.24) is 0 Å². The number of anilines is 3. The predicted octanol–water partition coefficient (Wildman–Crippen LogP) is 4.80. The molecular weight excluding hydrogens is 492 g/mol. The summed E-state index contributed by atoms with van der Waals surface area (Å²) in [5, 5.41) is 2.86. The van der Waals surface area contributed by atoms with Gasteiger partial charge in [0.1, 0.15) is 0 Å². The second-order valence-electron chi connectivity index (χ2n) is 8.80. The van der Waals surface area contributed by atoms with Crippen LogP contribution in [-0.4, -0.2) is 51.2 Å². The van der Waals surface area contributed by atoms with Gasteiger partial charge in [-0.25, -0.2) is 9.79 Å². The smallest absolute Gasteiger partial charge is 0.337 e. The molecule has 1 aliphatic heterocycles. The first-order valence-electron chi connectivity index (χ1n) is 11.6. The van der Waals surface area contributed by atoms with E-state index in [1.807, 2.05) is 62.3 Å². The minimum atomic E-state index is -0.741. The molecule has 190 valence electrons. The molecule has 0 aromatic heterocycles.